The molecule has 160 valence electrons. The van der Waals surface area contributed by atoms with Gasteiger partial charge < -0.3 is 20.3 Å². The van der Waals surface area contributed by atoms with Gasteiger partial charge in [0.15, 0.2) is 0 Å². The van der Waals surface area contributed by atoms with Crippen LogP contribution in [0.15, 0.2) is 4.79 Å². The van der Waals surface area contributed by atoms with Crippen molar-refractivity contribution in [3.8, 4) is 0 Å². The van der Waals surface area contributed by atoms with Crippen molar-refractivity contribution in [2.45, 2.75) is 44.2 Å². The average molecular weight is 436 g/mol. The van der Waals surface area contributed by atoms with Crippen molar-refractivity contribution in [1.29, 1.82) is 0 Å². The number of aromatic amines is 1. The average Bonchev–Trinajstić information content (AvgIpc) is 2.84. The summed E-state index contributed by atoms with van der Waals surface area (Å²) < 4.78 is 5.44. The van der Waals surface area contributed by atoms with Crippen molar-refractivity contribution >= 4 is 36.7 Å². The van der Waals surface area contributed by atoms with Gasteiger partial charge in [0, 0.05) is 58.2 Å². The summed E-state index contributed by atoms with van der Waals surface area (Å²) in [6, 6.07) is 0.00431. The van der Waals surface area contributed by atoms with E-state index >= 15 is 0 Å². The van der Waals surface area contributed by atoms with Crippen LogP contribution in [-0.2, 0) is 22.4 Å². The topological polar surface area (TPSA) is 105 Å². The molecule has 3 rings (SSSR count). The van der Waals surface area contributed by atoms with Crippen molar-refractivity contribution in [2.24, 2.45) is 11.7 Å². The minimum atomic E-state index is -0.101. The highest BCUT2D eigenvalue weighted by Gasteiger charge is 2.35. The third kappa shape index (κ3) is 5.17. The number of ether oxygens (including phenoxy) is 1. The molecule has 10 heteroatoms. The zero-order valence-electron chi connectivity index (χ0n) is 16.6. The molecule has 1 aliphatic carbocycles. The first-order valence-corrected chi connectivity index (χ1v) is 9.27. The third-order valence-electron chi connectivity index (χ3n) is 5.57. The number of amides is 1. The molecule has 0 saturated heterocycles. The van der Waals surface area contributed by atoms with Crippen LogP contribution >= 0.6 is 24.8 Å². The lowest BCUT2D eigenvalue weighted by Gasteiger charge is -2.35. The van der Waals surface area contributed by atoms with E-state index < -0.39 is 0 Å². The number of carbonyl (C=O) groups excluding carboxylic acids is 1. The van der Waals surface area contributed by atoms with E-state index in [0.29, 0.717) is 43.9 Å². The molecule has 28 heavy (non-hydrogen) atoms. The quantitative estimate of drug-likeness (QED) is 0.725. The van der Waals surface area contributed by atoms with Gasteiger partial charge in [0.2, 0.25) is 11.9 Å². The molecule has 0 aromatic carbocycles. The Morgan fingerprint density at radius 3 is 2.57 bits per heavy atom. The van der Waals surface area contributed by atoms with Gasteiger partial charge >= 0.3 is 0 Å². The molecule has 2 aliphatic rings. The number of halogens is 2. The van der Waals surface area contributed by atoms with Crippen LogP contribution in [0.4, 0.5) is 5.95 Å². The second-order valence-corrected chi connectivity index (χ2v) is 7.48. The Morgan fingerprint density at radius 1 is 1.25 bits per heavy atom. The summed E-state index contributed by atoms with van der Waals surface area (Å²) in [5.74, 6) is 0.651. The summed E-state index contributed by atoms with van der Waals surface area (Å²) in [5.41, 5.74) is 7.47. The first-order valence-electron chi connectivity index (χ1n) is 9.27. The van der Waals surface area contributed by atoms with Crippen LogP contribution in [0, 0.1) is 5.92 Å². The zero-order chi connectivity index (χ0) is 18.8. The van der Waals surface area contributed by atoms with Crippen LogP contribution in [-0.4, -0.2) is 67.2 Å². The monoisotopic (exact) mass is 435 g/mol. The number of nitrogens with zero attached hydrogens (tertiary/aromatic N) is 3. The van der Waals surface area contributed by atoms with Gasteiger partial charge in [-0.3, -0.25) is 14.6 Å². The van der Waals surface area contributed by atoms with Crippen LogP contribution in [0.2, 0.25) is 0 Å². The van der Waals surface area contributed by atoms with Crippen molar-refractivity contribution in [3.63, 3.8) is 0 Å². The Bertz CT molecular complexity index is 728. The number of hydrogen-bond acceptors (Lipinski definition) is 6. The van der Waals surface area contributed by atoms with Gasteiger partial charge in [-0.2, -0.15) is 0 Å². The van der Waals surface area contributed by atoms with Gasteiger partial charge in [-0.05, 0) is 25.7 Å². The minimum Gasteiger partial charge on any atom is -0.380 e. The van der Waals surface area contributed by atoms with Crippen LogP contribution < -0.4 is 16.2 Å². The fourth-order valence-corrected chi connectivity index (χ4v) is 3.93. The Labute approximate surface area is 178 Å². The lowest BCUT2D eigenvalue weighted by molar-refractivity contribution is -0.138. The predicted molar refractivity (Wildman–Crippen MR) is 114 cm³/mol. The highest BCUT2D eigenvalue weighted by atomic mass is 35.5. The largest absolute Gasteiger partial charge is 0.380 e. The number of nitrogens with two attached hydrogens (primary N) is 1. The number of aromatic nitrogens is 2. The number of nitrogens with one attached hydrogen (secondary N) is 1. The molecular formula is C18H31Cl2N5O3. The van der Waals surface area contributed by atoms with Crippen LogP contribution in [0.3, 0.4) is 0 Å². The third-order valence-corrected chi connectivity index (χ3v) is 5.57. The van der Waals surface area contributed by atoms with E-state index in [1.54, 1.807) is 12.0 Å². The normalized spacial score (nSPS) is 24.3. The summed E-state index contributed by atoms with van der Waals surface area (Å²) in [6.45, 7) is 1.15. The maximum Gasteiger partial charge on any atom is 0.255 e. The summed E-state index contributed by atoms with van der Waals surface area (Å²) in [5, 5.41) is 0. The van der Waals surface area contributed by atoms with Gasteiger partial charge in [-0.25, -0.2) is 4.98 Å². The summed E-state index contributed by atoms with van der Waals surface area (Å²) in [6.07, 6.45) is 3.35. The van der Waals surface area contributed by atoms with Gasteiger partial charge in [0.1, 0.15) is 0 Å². The molecule has 3 N–H and O–H groups in total. The molecule has 1 saturated carbocycles. The van der Waals surface area contributed by atoms with E-state index in [1.807, 2.05) is 19.0 Å². The van der Waals surface area contributed by atoms with Crippen LogP contribution in [0.5, 0.6) is 0 Å². The first-order chi connectivity index (χ1) is 12.4. The number of carbonyl (C=O) groups is 1. The lowest BCUT2D eigenvalue weighted by atomic mass is 9.83. The van der Waals surface area contributed by atoms with Crippen molar-refractivity contribution in [3.05, 3.63) is 21.6 Å². The number of H-pyrrole nitrogens is 1. The van der Waals surface area contributed by atoms with E-state index in [1.165, 1.54) is 0 Å². The number of hydrogen-bond donors (Lipinski definition) is 2. The molecule has 1 amide bonds. The van der Waals surface area contributed by atoms with E-state index in [9.17, 15) is 9.59 Å². The zero-order valence-corrected chi connectivity index (χ0v) is 18.3. The molecule has 3 atom stereocenters. The molecule has 0 bridgehead atoms. The van der Waals surface area contributed by atoms with E-state index in [0.717, 1.165) is 18.5 Å². The Kier molecular flexibility index (Phi) is 9.20. The molecular weight excluding hydrogens is 405 g/mol. The molecule has 1 fully saturated rings. The maximum atomic E-state index is 13.0. The highest BCUT2D eigenvalue weighted by Crippen LogP contribution is 2.28. The predicted octanol–water partition coefficient (Wildman–Crippen LogP) is 0.749. The van der Waals surface area contributed by atoms with Crippen LogP contribution in [0.25, 0.3) is 0 Å². The fraction of sp³-hybridized carbons (Fsp3) is 0.722. The van der Waals surface area contributed by atoms with Gasteiger partial charge in [0.05, 0.1) is 11.8 Å². The first kappa shape index (κ1) is 24.7. The van der Waals surface area contributed by atoms with Crippen molar-refractivity contribution in [1.82, 2.24) is 14.9 Å². The van der Waals surface area contributed by atoms with E-state index in [4.69, 9.17) is 10.5 Å². The number of anilines is 1. The van der Waals surface area contributed by atoms with Gasteiger partial charge in [0.25, 0.3) is 5.56 Å². The SMILES string of the molecule is CO[C@@H]1C[C@@H](C(=O)N2CCc3nc(N(C)C)[nH]c(=O)c3CC2)CC[C@H]1N.Cl.Cl. The molecule has 2 heterocycles. The lowest BCUT2D eigenvalue weighted by Crippen LogP contribution is -2.47. The molecule has 1 aromatic rings. The fourth-order valence-electron chi connectivity index (χ4n) is 3.93. The second-order valence-electron chi connectivity index (χ2n) is 7.48. The second kappa shape index (κ2) is 10.4. The maximum absolute atomic E-state index is 13.0. The highest BCUT2D eigenvalue weighted by molar-refractivity contribution is 5.85. The smallest absolute Gasteiger partial charge is 0.255 e. The molecule has 0 spiro atoms. The van der Waals surface area contributed by atoms with Crippen molar-refractivity contribution < 1.29 is 9.53 Å². The van der Waals surface area contributed by atoms with E-state index in [-0.39, 0.29) is 54.3 Å². The molecule has 0 unspecified atom stereocenters. The van der Waals surface area contributed by atoms with Gasteiger partial charge in [-0.15, -0.1) is 24.8 Å². The van der Waals surface area contributed by atoms with Crippen molar-refractivity contribution in [2.75, 3.05) is 39.2 Å². The standard InChI is InChI=1S/C18H29N5O3.2ClH/c1-22(2)18-20-14-7-9-23(8-6-12(14)16(24)21-18)17(25)11-4-5-13(19)15(10-11)26-3;;/h11,13,15H,4-10,19H2,1-3H3,(H,20,21,24);2*1H/t11-,13+,15+;;/m0../s1. The summed E-state index contributed by atoms with van der Waals surface area (Å²) in [7, 11) is 5.34. The number of fused-ring (bicyclic) bond motifs is 1. The molecule has 1 aromatic heterocycles. The number of methoxy groups -OCH3 is 1. The number of rotatable bonds is 3. The van der Waals surface area contributed by atoms with Crippen LogP contribution in [0.1, 0.15) is 30.5 Å². The molecule has 0 radical (unpaired) electrons. The summed E-state index contributed by atoms with van der Waals surface area (Å²) >= 11 is 0. The summed E-state index contributed by atoms with van der Waals surface area (Å²) in [4.78, 5) is 36.4. The minimum absolute atomic E-state index is 0. The molecule has 8 nitrogen and oxygen atoms in total. The molecule has 1 aliphatic heterocycles. The Hall–Kier alpha value is -1.35. The van der Waals surface area contributed by atoms with Gasteiger partial charge in [-0.1, -0.05) is 0 Å². The Balaban J connectivity index is 0.00000196. The van der Waals surface area contributed by atoms with E-state index in [2.05, 4.69) is 9.97 Å². The Morgan fingerprint density at radius 2 is 1.93 bits per heavy atom.